The predicted octanol–water partition coefficient (Wildman–Crippen LogP) is 2.91. The summed E-state index contributed by atoms with van der Waals surface area (Å²) in [6.07, 6.45) is 6.23. The minimum absolute atomic E-state index is 0.243. The second kappa shape index (κ2) is 5.82. The van der Waals surface area contributed by atoms with Crippen LogP contribution in [0.1, 0.15) is 24.1 Å². The van der Waals surface area contributed by atoms with Gasteiger partial charge in [-0.1, -0.05) is 6.07 Å². The first-order valence-corrected chi connectivity index (χ1v) is 8.69. The molecule has 0 saturated carbocycles. The summed E-state index contributed by atoms with van der Waals surface area (Å²) in [6.45, 7) is 2.07. The van der Waals surface area contributed by atoms with Crippen molar-refractivity contribution in [3.63, 3.8) is 0 Å². The number of carbonyl (C=O) groups is 1. The fourth-order valence-corrected chi connectivity index (χ4v) is 4.51. The second-order valence-electron chi connectivity index (χ2n) is 5.99. The monoisotopic (exact) mass is 313 g/mol. The predicted molar refractivity (Wildman–Crippen MR) is 87.9 cm³/mol. The van der Waals surface area contributed by atoms with Gasteiger partial charge in [-0.2, -0.15) is 0 Å². The van der Waals surface area contributed by atoms with Crippen LogP contribution in [-0.2, 0) is 11.3 Å². The maximum Gasteiger partial charge on any atom is 0.227 e. The van der Waals surface area contributed by atoms with Crippen LogP contribution in [0.5, 0.6) is 0 Å². The summed E-state index contributed by atoms with van der Waals surface area (Å²) < 4.78 is 0. The van der Waals surface area contributed by atoms with E-state index in [-0.39, 0.29) is 5.91 Å². The lowest BCUT2D eigenvalue weighted by atomic mass is 9.95. The summed E-state index contributed by atoms with van der Waals surface area (Å²) in [6, 6.07) is 8.98. The fraction of sp³-hybridized carbons (Fsp3) is 0.412. The van der Waals surface area contributed by atoms with Gasteiger partial charge in [0.1, 0.15) is 0 Å². The van der Waals surface area contributed by atoms with Crippen molar-refractivity contribution in [2.45, 2.75) is 37.9 Å². The van der Waals surface area contributed by atoms with Crippen LogP contribution in [0.4, 0.5) is 5.69 Å². The largest absolute Gasteiger partial charge is 0.306 e. The number of amides is 1. The van der Waals surface area contributed by atoms with Crippen molar-refractivity contribution < 1.29 is 4.79 Å². The zero-order chi connectivity index (χ0) is 14.9. The summed E-state index contributed by atoms with van der Waals surface area (Å²) >= 11 is 1.81. The molecule has 2 saturated heterocycles. The summed E-state index contributed by atoms with van der Waals surface area (Å²) in [4.78, 5) is 22.6. The van der Waals surface area contributed by atoms with E-state index in [0.29, 0.717) is 18.5 Å². The molecule has 2 fully saturated rings. The molecule has 4 heterocycles. The Hall–Kier alpha value is -1.72. The topological polar surface area (TPSA) is 36.4 Å². The van der Waals surface area contributed by atoms with Gasteiger partial charge in [-0.3, -0.25) is 14.7 Å². The molecule has 2 aromatic rings. The third kappa shape index (κ3) is 2.44. The molecule has 2 atom stereocenters. The number of hydrogen-bond donors (Lipinski definition) is 0. The van der Waals surface area contributed by atoms with Crippen LogP contribution in [0.2, 0.25) is 0 Å². The molecule has 0 aliphatic carbocycles. The number of rotatable bonds is 3. The molecule has 4 nitrogen and oxygen atoms in total. The van der Waals surface area contributed by atoms with E-state index < -0.39 is 0 Å². The molecule has 22 heavy (non-hydrogen) atoms. The molecule has 0 N–H and O–H groups in total. The van der Waals surface area contributed by atoms with Gasteiger partial charge in [0, 0.05) is 36.6 Å². The van der Waals surface area contributed by atoms with E-state index in [1.165, 1.54) is 4.88 Å². The molecule has 114 valence electrons. The van der Waals surface area contributed by atoms with E-state index in [1.807, 2.05) is 34.6 Å². The number of aromatic nitrogens is 1. The summed E-state index contributed by atoms with van der Waals surface area (Å²) in [7, 11) is 0. The first-order chi connectivity index (χ1) is 10.8. The Bertz CT molecular complexity index is 643. The third-order valence-corrected chi connectivity index (χ3v) is 5.60. The minimum Gasteiger partial charge on any atom is -0.306 e. The van der Waals surface area contributed by atoms with E-state index in [2.05, 4.69) is 27.4 Å². The number of thiophene rings is 1. The summed E-state index contributed by atoms with van der Waals surface area (Å²) in [5.74, 6) is 0.243. The van der Waals surface area contributed by atoms with Crippen molar-refractivity contribution in [3.05, 3.63) is 46.9 Å². The zero-order valence-electron chi connectivity index (χ0n) is 12.4. The molecule has 2 aliphatic heterocycles. The van der Waals surface area contributed by atoms with Gasteiger partial charge in [0.2, 0.25) is 5.91 Å². The molecule has 1 amide bonds. The van der Waals surface area contributed by atoms with Gasteiger partial charge in [0.15, 0.2) is 0 Å². The van der Waals surface area contributed by atoms with E-state index >= 15 is 0 Å². The number of pyridine rings is 1. The van der Waals surface area contributed by atoms with Gasteiger partial charge in [-0.25, -0.2) is 0 Å². The lowest BCUT2D eigenvalue weighted by Crippen LogP contribution is -2.52. The Morgan fingerprint density at radius 2 is 2.18 bits per heavy atom. The van der Waals surface area contributed by atoms with Crippen molar-refractivity contribution in [2.24, 2.45) is 0 Å². The smallest absolute Gasteiger partial charge is 0.227 e. The maximum atomic E-state index is 12.4. The number of nitrogens with zero attached hydrogens (tertiary/aromatic N) is 3. The fourth-order valence-electron chi connectivity index (χ4n) is 3.78. The van der Waals surface area contributed by atoms with Gasteiger partial charge in [0.25, 0.3) is 0 Å². The Labute approximate surface area is 134 Å². The quantitative estimate of drug-likeness (QED) is 0.874. The van der Waals surface area contributed by atoms with Crippen LogP contribution in [0, 0.1) is 0 Å². The van der Waals surface area contributed by atoms with E-state index in [0.717, 1.165) is 31.6 Å². The molecule has 0 bridgehead atoms. The Morgan fingerprint density at radius 3 is 2.95 bits per heavy atom. The van der Waals surface area contributed by atoms with Crippen molar-refractivity contribution in [1.29, 1.82) is 0 Å². The van der Waals surface area contributed by atoms with Crippen LogP contribution >= 0.6 is 11.3 Å². The SMILES string of the molecule is O=C1CC[C@@H]2[C@@H](CCN2Cc2cccs2)N1c1cccnc1. The van der Waals surface area contributed by atoms with Crippen LogP contribution < -0.4 is 4.90 Å². The van der Waals surface area contributed by atoms with E-state index in [1.54, 1.807) is 6.20 Å². The number of carbonyl (C=O) groups excluding carboxylic acids is 1. The average molecular weight is 313 g/mol. The molecular weight excluding hydrogens is 294 g/mol. The van der Waals surface area contributed by atoms with Crippen LogP contribution in [0.15, 0.2) is 42.0 Å². The van der Waals surface area contributed by atoms with Crippen molar-refractivity contribution in [2.75, 3.05) is 11.4 Å². The molecule has 0 aromatic carbocycles. The third-order valence-electron chi connectivity index (χ3n) is 4.74. The highest BCUT2D eigenvalue weighted by atomic mass is 32.1. The lowest BCUT2D eigenvalue weighted by molar-refractivity contribution is -0.120. The zero-order valence-corrected chi connectivity index (χ0v) is 13.2. The molecule has 0 radical (unpaired) electrons. The van der Waals surface area contributed by atoms with Gasteiger partial charge >= 0.3 is 0 Å². The molecule has 4 rings (SSSR count). The molecule has 5 heteroatoms. The lowest BCUT2D eigenvalue weighted by Gasteiger charge is -2.39. The Balaban J connectivity index is 1.57. The average Bonchev–Trinajstić information content (AvgIpc) is 3.19. The van der Waals surface area contributed by atoms with Crippen molar-refractivity contribution in [1.82, 2.24) is 9.88 Å². The Morgan fingerprint density at radius 1 is 1.23 bits per heavy atom. The van der Waals surface area contributed by atoms with Crippen LogP contribution in [0.25, 0.3) is 0 Å². The first-order valence-electron chi connectivity index (χ1n) is 7.81. The van der Waals surface area contributed by atoms with E-state index in [4.69, 9.17) is 0 Å². The molecule has 2 aromatic heterocycles. The number of likely N-dealkylation sites (tertiary alicyclic amines) is 1. The highest BCUT2D eigenvalue weighted by Crippen LogP contribution is 2.35. The summed E-state index contributed by atoms with van der Waals surface area (Å²) in [5, 5.41) is 2.13. The van der Waals surface area contributed by atoms with Crippen LogP contribution in [0.3, 0.4) is 0 Å². The number of piperidine rings is 1. The molecule has 2 aliphatic rings. The van der Waals surface area contributed by atoms with Gasteiger partial charge in [-0.05, 0) is 36.4 Å². The van der Waals surface area contributed by atoms with Gasteiger partial charge < -0.3 is 4.90 Å². The number of hydrogen-bond acceptors (Lipinski definition) is 4. The van der Waals surface area contributed by atoms with E-state index in [9.17, 15) is 4.79 Å². The van der Waals surface area contributed by atoms with Crippen LogP contribution in [-0.4, -0.2) is 34.4 Å². The molecular formula is C17H19N3OS. The Kier molecular flexibility index (Phi) is 3.68. The maximum absolute atomic E-state index is 12.4. The molecule has 0 spiro atoms. The van der Waals surface area contributed by atoms with Gasteiger partial charge in [-0.15, -0.1) is 11.3 Å². The van der Waals surface area contributed by atoms with Crippen molar-refractivity contribution in [3.8, 4) is 0 Å². The van der Waals surface area contributed by atoms with Gasteiger partial charge in [0.05, 0.1) is 17.9 Å². The number of anilines is 1. The normalized spacial score (nSPS) is 25.5. The number of fused-ring (bicyclic) bond motifs is 1. The highest BCUT2D eigenvalue weighted by molar-refractivity contribution is 7.09. The minimum atomic E-state index is 0.243. The first kappa shape index (κ1) is 13.9. The molecule has 0 unspecified atom stereocenters. The van der Waals surface area contributed by atoms with Crippen molar-refractivity contribution >= 4 is 22.9 Å². The highest BCUT2D eigenvalue weighted by Gasteiger charge is 2.43. The second-order valence-corrected chi connectivity index (χ2v) is 7.02. The standard InChI is InChI=1S/C17H19N3OS/c21-17-6-5-15-16(20(17)13-3-1-8-18-11-13)7-9-19(15)12-14-4-2-10-22-14/h1-4,8,10-11,15-16H,5-7,9,12H2/t15-,16-/m1/s1. The summed E-state index contributed by atoms with van der Waals surface area (Å²) in [5.41, 5.74) is 0.945.